The monoisotopic (exact) mass is 186 g/mol. The van der Waals surface area contributed by atoms with Gasteiger partial charge < -0.3 is 15.4 Å². The topological polar surface area (TPSA) is 38.5 Å². The van der Waals surface area contributed by atoms with E-state index in [4.69, 9.17) is 10.5 Å². The van der Waals surface area contributed by atoms with E-state index in [0.29, 0.717) is 0 Å². The van der Waals surface area contributed by atoms with E-state index in [2.05, 4.69) is 18.7 Å². The zero-order chi connectivity index (χ0) is 9.73. The number of nitrogens with zero attached hydrogens (tertiary/aromatic N) is 1. The van der Waals surface area contributed by atoms with E-state index in [0.717, 1.165) is 45.7 Å². The fourth-order valence-electron chi connectivity index (χ4n) is 1.89. The van der Waals surface area contributed by atoms with Gasteiger partial charge in [-0.2, -0.15) is 0 Å². The van der Waals surface area contributed by atoms with Crippen molar-refractivity contribution < 1.29 is 4.74 Å². The number of rotatable bonds is 4. The molecule has 0 aromatic heterocycles. The highest BCUT2D eigenvalue weighted by atomic mass is 16.5. The summed E-state index contributed by atoms with van der Waals surface area (Å²) in [6.45, 7) is 9.10. The van der Waals surface area contributed by atoms with E-state index in [1.54, 1.807) is 0 Å². The van der Waals surface area contributed by atoms with E-state index in [1.807, 2.05) is 0 Å². The Kier molecular flexibility index (Phi) is 4.16. The van der Waals surface area contributed by atoms with Crippen LogP contribution >= 0.6 is 0 Å². The van der Waals surface area contributed by atoms with Crippen LogP contribution in [-0.4, -0.2) is 43.3 Å². The van der Waals surface area contributed by atoms with Crippen molar-refractivity contribution in [3.63, 3.8) is 0 Å². The molecule has 78 valence electrons. The lowest BCUT2D eigenvalue weighted by molar-refractivity contribution is 0.0223. The maximum absolute atomic E-state index is 6.24. The Morgan fingerprint density at radius 1 is 1.38 bits per heavy atom. The fourth-order valence-corrected chi connectivity index (χ4v) is 1.89. The maximum Gasteiger partial charge on any atom is 0.0658 e. The van der Waals surface area contributed by atoms with Gasteiger partial charge in [0.05, 0.1) is 12.1 Å². The summed E-state index contributed by atoms with van der Waals surface area (Å²) in [6, 6.07) is 0. The van der Waals surface area contributed by atoms with Gasteiger partial charge in [-0.3, -0.25) is 0 Å². The van der Waals surface area contributed by atoms with Crippen molar-refractivity contribution in [1.29, 1.82) is 0 Å². The lowest BCUT2D eigenvalue weighted by atomic mass is 9.93. The highest BCUT2D eigenvalue weighted by molar-refractivity contribution is 4.89. The van der Waals surface area contributed by atoms with Crippen molar-refractivity contribution in [3.05, 3.63) is 0 Å². The zero-order valence-electron chi connectivity index (χ0n) is 8.88. The van der Waals surface area contributed by atoms with Crippen LogP contribution in [0.3, 0.4) is 0 Å². The molecule has 13 heavy (non-hydrogen) atoms. The van der Waals surface area contributed by atoms with Gasteiger partial charge in [0.1, 0.15) is 0 Å². The lowest BCUT2D eigenvalue weighted by Crippen LogP contribution is -2.55. The Morgan fingerprint density at radius 2 is 2.08 bits per heavy atom. The third-order valence-electron chi connectivity index (χ3n) is 2.79. The molecule has 3 heteroatoms. The van der Waals surface area contributed by atoms with Crippen molar-refractivity contribution in [2.75, 3.05) is 32.8 Å². The highest BCUT2D eigenvalue weighted by Crippen LogP contribution is 2.17. The molecule has 1 aliphatic heterocycles. The second-order valence-electron chi connectivity index (χ2n) is 3.98. The molecule has 3 nitrogen and oxygen atoms in total. The molecule has 0 radical (unpaired) electrons. The summed E-state index contributed by atoms with van der Waals surface area (Å²) in [6.07, 6.45) is 2.21. The summed E-state index contributed by atoms with van der Waals surface area (Å²) in [7, 11) is 0. The summed E-state index contributed by atoms with van der Waals surface area (Å²) in [5, 5.41) is 0. The Bertz CT molecular complexity index is 140. The predicted molar refractivity (Wildman–Crippen MR) is 54.8 cm³/mol. The fraction of sp³-hybridized carbons (Fsp3) is 1.00. The summed E-state index contributed by atoms with van der Waals surface area (Å²) in [5.41, 5.74) is 6.15. The summed E-state index contributed by atoms with van der Waals surface area (Å²) in [5.74, 6) is 0. The van der Waals surface area contributed by atoms with Gasteiger partial charge in [-0.15, -0.1) is 0 Å². The van der Waals surface area contributed by atoms with E-state index in [9.17, 15) is 0 Å². The van der Waals surface area contributed by atoms with Gasteiger partial charge in [0.25, 0.3) is 0 Å². The third-order valence-corrected chi connectivity index (χ3v) is 2.79. The summed E-state index contributed by atoms with van der Waals surface area (Å²) < 4.78 is 5.42. The number of likely N-dealkylation sites (N-methyl/N-ethyl adjacent to an activating group) is 1. The zero-order valence-corrected chi connectivity index (χ0v) is 8.88. The van der Waals surface area contributed by atoms with Crippen molar-refractivity contribution in [3.8, 4) is 0 Å². The molecular weight excluding hydrogens is 164 g/mol. The number of ether oxygens (including phenoxy) is 1. The van der Waals surface area contributed by atoms with Gasteiger partial charge in [0.15, 0.2) is 0 Å². The van der Waals surface area contributed by atoms with Gasteiger partial charge in [-0.1, -0.05) is 13.8 Å². The van der Waals surface area contributed by atoms with Gasteiger partial charge in [-0.05, 0) is 25.9 Å². The van der Waals surface area contributed by atoms with Crippen molar-refractivity contribution in [2.24, 2.45) is 5.73 Å². The van der Waals surface area contributed by atoms with Crippen LogP contribution in [-0.2, 0) is 4.74 Å². The van der Waals surface area contributed by atoms with Crippen LogP contribution in [0, 0.1) is 0 Å². The second-order valence-corrected chi connectivity index (χ2v) is 3.98. The molecule has 1 atom stereocenters. The first-order chi connectivity index (χ1) is 6.20. The Morgan fingerprint density at radius 3 is 2.54 bits per heavy atom. The predicted octanol–water partition coefficient (Wildman–Crippen LogP) is 0.836. The molecule has 0 aromatic rings. The molecular formula is C10H22N2O. The first kappa shape index (κ1) is 11.0. The van der Waals surface area contributed by atoms with Gasteiger partial charge >= 0.3 is 0 Å². The molecule has 1 aliphatic rings. The minimum atomic E-state index is -0.0930. The van der Waals surface area contributed by atoms with E-state index >= 15 is 0 Å². The molecule has 2 N–H and O–H groups in total. The molecule has 0 aromatic carbocycles. The molecule has 1 saturated heterocycles. The third kappa shape index (κ3) is 3.25. The van der Waals surface area contributed by atoms with Crippen molar-refractivity contribution in [1.82, 2.24) is 4.90 Å². The van der Waals surface area contributed by atoms with Gasteiger partial charge in [0, 0.05) is 13.2 Å². The lowest BCUT2D eigenvalue weighted by Gasteiger charge is -2.37. The average molecular weight is 186 g/mol. The van der Waals surface area contributed by atoms with Gasteiger partial charge in [-0.25, -0.2) is 0 Å². The van der Waals surface area contributed by atoms with Crippen molar-refractivity contribution in [2.45, 2.75) is 32.2 Å². The SMILES string of the molecule is CCN(CC)CC1(N)CCCOC1. The molecule has 1 heterocycles. The average Bonchev–Trinajstić information content (AvgIpc) is 2.15. The largest absolute Gasteiger partial charge is 0.379 e. The van der Waals surface area contributed by atoms with Crippen LogP contribution in [0.15, 0.2) is 0 Å². The number of nitrogens with two attached hydrogens (primary N) is 1. The van der Waals surface area contributed by atoms with E-state index in [1.165, 1.54) is 0 Å². The molecule has 0 bridgehead atoms. The normalized spacial score (nSPS) is 29.5. The molecule has 1 fully saturated rings. The first-order valence-corrected chi connectivity index (χ1v) is 5.29. The number of hydrogen-bond donors (Lipinski definition) is 1. The standard InChI is InChI=1S/C10H22N2O/c1-3-12(4-2)8-10(11)6-5-7-13-9-10/h3-9,11H2,1-2H3. The minimum absolute atomic E-state index is 0.0930. The first-order valence-electron chi connectivity index (χ1n) is 5.29. The summed E-state index contributed by atoms with van der Waals surface area (Å²) >= 11 is 0. The summed E-state index contributed by atoms with van der Waals surface area (Å²) in [4.78, 5) is 2.37. The van der Waals surface area contributed by atoms with Crippen LogP contribution in [0.4, 0.5) is 0 Å². The minimum Gasteiger partial charge on any atom is -0.379 e. The van der Waals surface area contributed by atoms with Crippen LogP contribution in [0.5, 0.6) is 0 Å². The Hall–Kier alpha value is -0.120. The maximum atomic E-state index is 6.24. The molecule has 0 aliphatic carbocycles. The van der Waals surface area contributed by atoms with Crippen LogP contribution in [0.25, 0.3) is 0 Å². The molecule has 0 amide bonds. The van der Waals surface area contributed by atoms with Crippen LogP contribution in [0.1, 0.15) is 26.7 Å². The molecule has 1 rings (SSSR count). The Labute approximate surface area is 81.2 Å². The quantitative estimate of drug-likeness (QED) is 0.707. The molecule has 0 saturated carbocycles. The second kappa shape index (κ2) is 4.94. The number of hydrogen-bond acceptors (Lipinski definition) is 3. The smallest absolute Gasteiger partial charge is 0.0658 e. The van der Waals surface area contributed by atoms with Crippen LogP contribution < -0.4 is 5.73 Å². The molecule has 0 spiro atoms. The van der Waals surface area contributed by atoms with E-state index in [-0.39, 0.29) is 5.54 Å². The van der Waals surface area contributed by atoms with Gasteiger partial charge in [0.2, 0.25) is 0 Å². The Balaban J connectivity index is 2.39. The molecule has 1 unspecified atom stereocenters. The highest BCUT2D eigenvalue weighted by Gasteiger charge is 2.29. The van der Waals surface area contributed by atoms with Crippen molar-refractivity contribution >= 4 is 0 Å². The van der Waals surface area contributed by atoms with Crippen LogP contribution in [0.2, 0.25) is 0 Å². The van der Waals surface area contributed by atoms with E-state index < -0.39 is 0 Å².